The molecule has 2 saturated heterocycles. The van der Waals surface area contributed by atoms with Crippen molar-refractivity contribution in [1.29, 1.82) is 0 Å². The number of hydrogen-bond acceptors (Lipinski definition) is 8. The molecule has 228 valence electrons. The van der Waals surface area contributed by atoms with E-state index in [1.807, 2.05) is 43.3 Å². The number of amides is 3. The van der Waals surface area contributed by atoms with Crippen molar-refractivity contribution in [2.24, 2.45) is 0 Å². The number of pyridine rings is 1. The smallest absolute Gasteiger partial charge is 0.409 e. The van der Waals surface area contributed by atoms with Crippen molar-refractivity contribution in [2.75, 3.05) is 57.9 Å². The summed E-state index contributed by atoms with van der Waals surface area (Å²) in [4.78, 5) is 68.3. The van der Waals surface area contributed by atoms with E-state index in [9.17, 15) is 28.7 Å². The van der Waals surface area contributed by atoms with Crippen molar-refractivity contribution in [3.05, 3.63) is 48.2 Å². The third-order valence-electron chi connectivity index (χ3n) is 7.37. The maximum absolute atomic E-state index is 13.4. The van der Waals surface area contributed by atoms with Crippen molar-refractivity contribution in [3.63, 3.8) is 0 Å². The molecule has 1 aromatic heterocycles. The molecule has 3 heterocycles. The first-order chi connectivity index (χ1) is 20.1. The van der Waals surface area contributed by atoms with Gasteiger partial charge in [0.1, 0.15) is 5.69 Å². The minimum atomic E-state index is -5.12. The van der Waals surface area contributed by atoms with Crippen LogP contribution in [0.5, 0.6) is 0 Å². The molecule has 2 aliphatic heterocycles. The summed E-state index contributed by atoms with van der Waals surface area (Å²) in [5.74, 6) is -3.93. The zero-order chi connectivity index (χ0) is 30.3. The van der Waals surface area contributed by atoms with Crippen LogP contribution in [0.25, 0.3) is 11.3 Å². The highest BCUT2D eigenvalue weighted by molar-refractivity contribution is 7.53. The maximum atomic E-state index is 13.4. The first-order valence-corrected chi connectivity index (χ1v) is 15.7. The van der Waals surface area contributed by atoms with E-state index < -0.39 is 31.3 Å². The number of benzene rings is 1. The fourth-order valence-electron chi connectivity index (χ4n) is 4.89. The van der Waals surface area contributed by atoms with Gasteiger partial charge in [-0.15, -0.1) is 0 Å². The van der Waals surface area contributed by atoms with E-state index in [1.54, 1.807) is 13.2 Å². The highest BCUT2D eigenvalue weighted by Crippen LogP contribution is 2.41. The zero-order valence-electron chi connectivity index (χ0n) is 23.8. The van der Waals surface area contributed by atoms with Crippen LogP contribution in [0.2, 0.25) is 0 Å². The number of ether oxygens (including phenoxy) is 2. The predicted octanol–water partition coefficient (Wildman–Crippen LogP) is 2.29. The Morgan fingerprint density at radius 1 is 1.07 bits per heavy atom. The quantitative estimate of drug-likeness (QED) is 0.271. The van der Waals surface area contributed by atoms with Crippen LogP contribution in [0.1, 0.15) is 36.7 Å². The van der Waals surface area contributed by atoms with E-state index >= 15 is 0 Å². The minimum Gasteiger partial charge on any atom is -0.449 e. The fraction of sp³-hybridized carbons (Fsp3) is 0.500. The number of nitrogens with one attached hydrogen (secondary N) is 1. The lowest BCUT2D eigenvalue weighted by Gasteiger charge is -2.36. The summed E-state index contributed by atoms with van der Waals surface area (Å²) in [6.45, 7) is 3.94. The Morgan fingerprint density at radius 2 is 1.76 bits per heavy atom. The molecule has 1 aromatic carbocycles. The van der Waals surface area contributed by atoms with Gasteiger partial charge in [-0.1, -0.05) is 43.7 Å². The number of piperazine rings is 1. The van der Waals surface area contributed by atoms with Crippen LogP contribution in [0.4, 0.5) is 10.5 Å². The Bertz CT molecular complexity index is 1300. The number of anilines is 1. The van der Waals surface area contributed by atoms with Gasteiger partial charge < -0.3 is 39.3 Å². The molecule has 14 heteroatoms. The Labute approximate surface area is 244 Å². The van der Waals surface area contributed by atoms with E-state index in [0.717, 1.165) is 24.8 Å². The number of rotatable bonds is 10. The molecule has 0 radical (unpaired) electrons. The summed E-state index contributed by atoms with van der Waals surface area (Å²) in [7, 11) is -3.48. The molecule has 2 aliphatic rings. The van der Waals surface area contributed by atoms with Crippen LogP contribution in [-0.2, 0) is 18.8 Å². The molecule has 4 rings (SSSR count). The van der Waals surface area contributed by atoms with E-state index in [0.29, 0.717) is 31.1 Å². The average molecular weight is 604 g/mol. The summed E-state index contributed by atoms with van der Waals surface area (Å²) >= 11 is 0. The van der Waals surface area contributed by atoms with Crippen molar-refractivity contribution in [1.82, 2.24) is 20.1 Å². The van der Waals surface area contributed by atoms with Crippen LogP contribution in [0, 0.1) is 0 Å². The lowest BCUT2D eigenvalue weighted by atomic mass is 10.1. The fourth-order valence-corrected chi connectivity index (χ4v) is 5.63. The summed E-state index contributed by atoms with van der Waals surface area (Å²) in [6, 6.07) is 12.6. The van der Waals surface area contributed by atoms with Crippen LogP contribution >= 0.6 is 7.60 Å². The van der Waals surface area contributed by atoms with Crippen molar-refractivity contribution >= 4 is 31.2 Å². The van der Waals surface area contributed by atoms with Gasteiger partial charge in [0.15, 0.2) is 0 Å². The SMILES string of the molecule is CCCCOC(=O)N1CCN(C(=O)C(NC(=O)c2cc(N3CC[C@H](OC)C3)cc(-c3ccccc3)n2)P(=O)(O)O)CC1. The number of unbranched alkanes of at least 4 members (excludes halogenated alkanes) is 1. The third-order valence-corrected chi connectivity index (χ3v) is 8.39. The molecular weight excluding hydrogens is 565 g/mol. The van der Waals surface area contributed by atoms with Gasteiger partial charge in [-0.3, -0.25) is 14.2 Å². The zero-order valence-corrected chi connectivity index (χ0v) is 24.7. The maximum Gasteiger partial charge on any atom is 0.409 e. The Hall–Kier alpha value is -3.51. The molecule has 3 amide bonds. The largest absolute Gasteiger partial charge is 0.449 e. The predicted molar refractivity (Wildman–Crippen MR) is 155 cm³/mol. The first-order valence-electron chi connectivity index (χ1n) is 14.0. The standard InChI is InChI=1S/C28H38N5O8P/c1-3-4-16-41-28(36)32-14-12-31(13-15-32)27(35)26(42(37,38)39)30-25(34)24-18-21(33-11-10-22(19-33)40-2)17-23(29-24)20-8-6-5-7-9-20/h5-9,17-18,22,26H,3-4,10-16,19H2,1-2H3,(H,30,34)(H2,37,38,39)/t22-,26?/m0/s1. The normalized spacial score (nSPS) is 18.1. The number of hydrogen-bond donors (Lipinski definition) is 3. The van der Waals surface area contributed by atoms with Gasteiger partial charge in [0.25, 0.3) is 11.8 Å². The number of methoxy groups -OCH3 is 1. The molecule has 2 atom stereocenters. The summed E-state index contributed by atoms with van der Waals surface area (Å²) in [5.41, 5.74) is 1.87. The Balaban J connectivity index is 1.51. The lowest BCUT2D eigenvalue weighted by molar-refractivity contribution is -0.133. The number of carbonyl (C=O) groups is 3. The second-order valence-corrected chi connectivity index (χ2v) is 12.0. The minimum absolute atomic E-state index is 0.0333. The summed E-state index contributed by atoms with van der Waals surface area (Å²) < 4.78 is 23.1. The van der Waals surface area contributed by atoms with Crippen LogP contribution in [-0.4, -0.2) is 107 Å². The van der Waals surface area contributed by atoms with E-state index in [-0.39, 0.29) is 38.0 Å². The van der Waals surface area contributed by atoms with Crippen molar-refractivity contribution in [3.8, 4) is 11.3 Å². The average Bonchev–Trinajstić information content (AvgIpc) is 3.49. The molecule has 42 heavy (non-hydrogen) atoms. The van der Waals surface area contributed by atoms with Gasteiger partial charge in [-0.2, -0.15) is 0 Å². The second-order valence-electron chi connectivity index (χ2n) is 10.3. The molecule has 0 aliphatic carbocycles. The van der Waals surface area contributed by atoms with Crippen LogP contribution < -0.4 is 10.2 Å². The highest BCUT2D eigenvalue weighted by Gasteiger charge is 2.41. The van der Waals surface area contributed by atoms with Gasteiger partial charge in [0.05, 0.1) is 18.4 Å². The van der Waals surface area contributed by atoms with E-state index in [2.05, 4.69) is 15.2 Å². The molecule has 0 bridgehead atoms. The Morgan fingerprint density at radius 3 is 2.38 bits per heavy atom. The second kappa shape index (κ2) is 14.1. The van der Waals surface area contributed by atoms with Crippen LogP contribution in [0.3, 0.4) is 0 Å². The molecular formula is C28H38N5O8P. The topological polar surface area (TPSA) is 162 Å². The summed E-state index contributed by atoms with van der Waals surface area (Å²) in [6.07, 6.45) is 1.96. The molecule has 0 saturated carbocycles. The van der Waals surface area contributed by atoms with Crippen LogP contribution in [0.15, 0.2) is 42.5 Å². The highest BCUT2D eigenvalue weighted by atomic mass is 31.2. The van der Waals surface area contributed by atoms with Crippen molar-refractivity contribution < 1.29 is 38.2 Å². The van der Waals surface area contributed by atoms with Crippen molar-refractivity contribution in [2.45, 2.75) is 38.1 Å². The van der Waals surface area contributed by atoms with Gasteiger partial charge >= 0.3 is 13.7 Å². The molecule has 2 aromatic rings. The molecule has 2 fully saturated rings. The third kappa shape index (κ3) is 7.86. The van der Waals surface area contributed by atoms with Gasteiger partial charge in [-0.25, -0.2) is 9.78 Å². The number of aromatic nitrogens is 1. The number of nitrogens with zero attached hydrogens (tertiary/aromatic N) is 4. The van der Waals surface area contributed by atoms with Gasteiger partial charge in [-0.05, 0) is 25.0 Å². The number of carbonyl (C=O) groups excluding carboxylic acids is 3. The first kappa shape index (κ1) is 31.4. The molecule has 3 N–H and O–H groups in total. The van der Waals surface area contributed by atoms with E-state index in [4.69, 9.17) is 9.47 Å². The molecule has 0 spiro atoms. The lowest BCUT2D eigenvalue weighted by Crippen LogP contribution is -2.55. The van der Waals surface area contributed by atoms with Gasteiger partial charge in [0.2, 0.25) is 5.78 Å². The monoisotopic (exact) mass is 603 g/mol. The Kier molecular flexibility index (Phi) is 10.6. The molecule has 13 nitrogen and oxygen atoms in total. The summed E-state index contributed by atoms with van der Waals surface area (Å²) in [5, 5.41) is 2.25. The van der Waals surface area contributed by atoms with Gasteiger partial charge in [0, 0.05) is 57.6 Å². The molecule has 1 unspecified atom stereocenters. The van der Waals surface area contributed by atoms with E-state index in [1.165, 1.54) is 9.80 Å².